The van der Waals surface area contributed by atoms with E-state index in [4.69, 9.17) is 4.74 Å². The standard InChI is InChI=1S/C10H16F2N2O2/c11-9(12)10(15)14-2-1-8(7-14)13-3-5-16-6-4-13/h8-9H,1-7H2. The molecule has 2 aliphatic rings. The predicted octanol–water partition coefficient (Wildman–Crippen LogP) is 0.185. The number of rotatable bonds is 2. The lowest BCUT2D eigenvalue weighted by Gasteiger charge is -2.32. The topological polar surface area (TPSA) is 32.8 Å². The van der Waals surface area contributed by atoms with Crippen LogP contribution in [0.2, 0.25) is 0 Å². The normalized spacial score (nSPS) is 27.7. The Labute approximate surface area is 93.1 Å². The largest absolute Gasteiger partial charge is 0.379 e. The number of carbonyl (C=O) groups is 1. The molecular weight excluding hydrogens is 218 g/mol. The first-order chi connectivity index (χ1) is 7.68. The van der Waals surface area contributed by atoms with Crippen LogP contribution in [0.5, 0.6) is 0 Å². The van der Waals surface area contributed by atoms with Crippen LogP contribution in [0.25, 0.3) is 0 Å². The van der Waals surface area contributed by atoms with Gasteiger partial charge in [-0.3, -0.25) is 9.69 Å². The van der Waals surface area contributed by atoms with Crippen LogP contribution < -0.4 is 0 Å². The second kappa shape index (κ2) is 5.05. The van der Waals surface area contributed by atoms with Crippen molar-refractivity contribution in [2.24, 2.45) is 0 Å². The van der Waals surface area contributed by atoms with Crippen LogP contribution in [0.1, 0.15) is 6.42 Å². The number of morpholine rings is 1. The number of ether oxygens (including phenoxy) is 1. The van der Waals surface area contributed by atoms with E-state index in [-0.39, 0.29) is 6.04 Å². The summed E-state index contributed by atoms with van der Waals surface area (Å²) >= 11 is 0. The number of likely N-dealkylation sites (tertiary alicyclic amines) is 1. The van der Waals surface area contributed by atoms with Crippen molar-refractivity contribution in [2.75, 3.05) is 39.4 Å². The number of nitrogens with zero attached hydrogens (tertiary/aromatic N) is 2. The van der Waals surface area contributed by atoms with Crippen LogP contribution in [0.3, 0.4) is 0 Å². The fraction of sp³-hybridized carbons (Fsp3) is 0.900. The van der Waals surface area contributed by atoms with Gasteiger partial charge in [0.1, 0.15) is 0 Å². The Hall–Kier alpha value is -0.750. The Kier molecular flexibility index (Phi) is 3.70. The number of carbonyl (C=O) groups excluding carboxylic acids is 1. The first-order valence-corrected chi connectivity index (χ1v) is 5.57. The average molecular weight is 234 g/mol. The summed E-state index contributed by atoms with van der Waals surface area (Å²) in [6, 6.07) is 0.228. The van der Waals surface area contributed by atoms with E-state index in [2.05, 4.69) is 4.90 Å². The molecule has 0 N–H and O–H groups in total. The molecule has 2 saturated heterocycles. The lowest BCUT2D eigenvalue weighted by molar-refractivity contribution is -0.141. The summed E-state index contributed by atoms with van der Waals surface area (Å²) in [5.74, 6) is -1.03. The molecule has 16 heavy (non-hydrogen) atoms. The molecular formula is C10H16F2N2O2. The Morgan fingerprint density at radius 3 is 2.56 bits per heavy atom. The fourth-order valence-electron chi connectivity index (χ4n) is 2.32. The van der Waals surface area contributed by atoms with Gasteiger partial charge in [0.2, 0.25) is 0 Å². The second-order valence-corrected chi connectivity index (χ2v) is 4.18. The highest BCUT2D eigenvalue weighted by Crippen LogP contribution is 2.18. The van der Waals surface area contributed by atoms with E-state index >= 15 is 0 Å². The van der Waals surface area contributed by atoms with Crippen molar-refractivity contribution in [1.82, 2.24) is 9.80 Å². The van der Waals surface area contributed by atoms with Crippen LogP contribution in [0.4, 0.5) is 8.78 Å². The number of halogens is 2. The van der Waals surface area contributed by atoms with Crippen molar-refractivity contribution in [3.05, 3.63) is 0 Å². The molecule has 2 rings (SSSR count). The molecule has 2 heterocycles. The summed E-state index contributed by atoms with van der Waals surface area (Å²) in [6.45, 7) is 3.94. The molecule has 6 heteroatoms. The summed E-state index contributed by atoms with van der Waals surface area (Å²) in [6.07, 6.45) is -2.08. The highest BCUT2D eigenvalue weighted by molar-refractivity contribution is 5.79. The number of hydrogen-bond acceptors (Lipinski definition) is 3. The van der Waals surface area contributed by atoms with Crippen molar-refractivity contribution in [1.29, 1.82) is 0 Å². The van der Waals surface area contributed by atoms with Crippen molar-refractivity contribution >= 4 is 5.91 Å². The van der Waals surface area contributed by atoms with Gasteiger partial charge in [-0.2, -0.15) is 8.78 Å². The minimum atomic E-state index is -2.87. The third kappa shape index (κ3) is 2.49. The average Bonchev–Trinajstić information content (AvgIpc) is 2.78. The van der Waals surface area contributed by atoms with E-state index in [9.17, 15) is 13.6 Å². The van der Waals surface area contributed by atoms with Gasteiger partial charge in [-0.25, -0.2) is 0 Å². The molecule has 1 amide bonds. The van der Waals surface area contributed by atoms with Gasteiger partial charge in [-0.05, 0) is 6.42 Å². The lowest BCUT2D eigenvalue weighted by Crippen LogP contribution is -2.45. The maximum absolute atomic E-state index is 12.2. The van der Waals surface area contributed by atoms with Gasteiger partial charge in [0.25, 0.3) is 5.91 Å². The van der Waals surface area contributed by atoms with E-state index in [0.717, 1.165) is 19.5 Å². The smallest absolute Gasteiger partial charge is 0.315 e. The zero-order chi connectivity index (χ0) is 11.5. The molecule has 2 fully saturated rings. The van der Waals surface area contributed by atoms with Gasteiger partial charge in [-0.15, -0.1) is 0 Å². The molecule has 0 spiro atoms. The maximum atomic E-state index is 12.2. The highest BCUT2D eigenvalue weighted by Gasteiger charge is 2.33. The van der Waals surface area contributed by atoms with Crippen LogP contribution in [0.15, 0.2) is 0 Å². The summed E-state index contributed by atoms with van der Waals surface area (Å²) in [5, 5.41) is 0. The van der Waals surface area contributed by atoms with Gasteiger partial charge in [0.05, 0.1) is 13.2 Å². The molecule has 2 aliphatic heterocycles. The van der Waals surface area contributed by atoms with Crippen LogP contribution in [-0.4, -0.2) is 67.6 Å². The van der Waals surface area contributed by atoms with Gasteiger partial charge in [0.15, 0.2) is 0 Å². The summed E-state index contributed by atoms with van der Waals surface area (Å²) in [5.41, 5.74) is 0. The minimum Gasteiger partial charge on any atom is -0.379 e. The molecule has 0 bridgehead atoms. The van der Waals surface area contributed by atoms with E-state index < -0.39 is 12.3 Å². The van der Waals surface area contributed by atoms with E-state index in [1.165, 1.54) is 4.90 Å². The molecule has 0 aromatic rings. The summed E-state index contributed by atoms with van der Waals surface area (Å²) in [4.78, 5) is 14.6. The van der Waals surface area contributed by atoms with Crippen LogP contribution in [0, 0.1) is 0 Å². The Bertz CT molecular complexity index is 257. The first kappa shape index (κ1) is 11.7. The molecule has 1 unspecified atom stereocenters. The van der Waals surface area contributed by atoms with Gasteiger partial charge in [-0.1, -0.05) is 0 Å². The monoisotopic (exact) mass is 234 g/mol. The highest BCUT2D eigenvalue weighted by atomic mass is 19.3. The number of hydrogen-bond donors (Lipinski definition) is 0. The summed E-state index contributed by atoms with van der Waals surface area (Å²) < 4.78 is 29.7. The predicted molar refractivity (Wildman–Crippen MR) is 53.4 cm³/mol. The molecule has 1 atom stereocenters. The van der Waals surface area contributed by atoms with Crippen molar-refractivity contribution in [3.8, 4) is 0 Å². The summed E-state index contributed by atoms with van der Waals surface area (Å²) in [7, 11) is 0. The van der Waals surface area contributed by atoms with Crippen LogP contribution >= 0.6 is 0 Å². The van der Waals surface area contributed by atoms with Crippen molar-refractivity contribution in [3.63, 3.8) is 0 Å². The number of amides is 1. The van der Waals surface area contributed by atoms with Gasteiger partial charge in [0, 0.05) is 32.2 Å². The van der Waals surface area contributed by atoms with Gasteiger partial charge < -0.3 is 9.64 Å². The third-order valence-electron chi connectivity index (χ3n) is 3.22. The first-order valence-electron chi connectivity index (χ1n) is 5.57. The maximum Gasteiger partial charge on any atom is 0.315 e. The molecule has 92 valence electrons. The zero-order valence-corrected chi connectivity index (χ0v) is 9.07. The molecule has 0 radical (unpaired) electrons. The van der Waals surface area contributed by atoms with Crippen molar-refractivity contribution in [2.45, 2.75) is 18.9 Å². The number of alkyl halides is 2. The quantitative estimate of drug-likeness (QED) is 0.683. The Morgan fingerprint density at radius 2 is 1.94 bits per heavy atom. The van der Waals surface area contributed by atoms with Crippen LogP contribution in [-0.2, 0) is 9.53 Å². The van der Waals surface area contributed by atoms with E-state index in [1.54, 1.807) is 0 Å². The van der Waals surface area contributed by atoms with E-state index in [1.807, 2.05) is 0 Å². The molecule has 4 nitrogen and oxygen atoms in total. The molecule has 0 aromatic carbocycles. The lowest BCUT2D eigenvalue weighted by atomic mass is 10.2. The van der Waals surface area contributed by atoms with E-state index in [0.29, 0.717) is 26.3 Å². The van der Waals surface area contributed by atoms with Gasteiger partial charge >= 0.3 is 6.43 Å². The Morgan fingerprint density at radius 1 is 1.25 bits per heavy atom. The SMILES string of the molecule is O=C(C(F)F)N1CCC(N2CCOCC2)C1. The molecule has 0 aromatic heterocycles. The second-order valence-electron chi connectivity index (χ2n) is 4.18. The fourth-order valence-corrected chi connectivity index (χ4v) is 2.32. The molecule has 0 aliphatic carbocycles. The minimum absolute atomic E-state index is 0.228. The van der Waals surface area contributed by atoms with Crippen molar-refractivity contribution < 1.29 is 18.3 Å². The molecule has 0 saturated carbocycles. The zero-order valence-electron chi connectivity index (χ0n) is 9.07. The third-order valence-corrected chi connectivity index (χ3v) is 3.22. The Balaban J connectivity index is 1.85.